The Morgan fingerprint density at radius 3 is 2.81 bits per heavy atom. The minimum atomic E-state index is -0.318. The predicted molar refractivity (Wildman–Crippen MR) is 98.2 cm³/mol. The van der Waals surface area contributed by atoms with Crippen molar-refractivity contribution in [3.8, 4) is 5.75 Å². The number of aromatic nitrogens is 3. The Bertz CT molecular complexity index is 1000. The Kier molecular flexibility index (Phi) is 3.43. The molecule has 1 aliphatic carbocycles. The smallest absolute Gasteiger partial charge is 0.226 e. The number of anilines is 1. The molecule has 26 heavy (non-hydrogen) atoms. The zero-order valence-corrected chi connectivity index (χ0v) is 14.6. The van der Waals surface area contributed by atoms with Gasteiger partial charge < -0.3 is 10.4 Å². The zero-order valence-electron chi connectivity index (χ0n) is 13.8. The number of carbonyl (C=O) groups excluding carboxylic acids is 1. The van der Waals surface area contributed by atoms with Gasteiger partial charge in [-0.05, 0) is 35.6 Å². The number of carbonyl (C=O) groups is 1. The minimum Gasteiger partial charge on any atom is -0.508 e. The van der Waals surface area contributed by atoms with E-state index in [1.807, 2.05) is 23.6 Å². The van der Waals surface area contributed by atoms with Gasteiger partial charge in [0.25, 0.3) is 0 Å². The van der Waals surface area contributed by atoms with Crippen molar-refractivity contribution < 1.29 is 9.90 Å². The van der Waals surface area contributed by atoms with Gasteiger partial charge in [-0.25, -0.2) is 4.68 Å². The van der Waals surface area contributed by atoms with E-state index in [-0.39, 0.29) is 23.5 Å². The third-order valence-electron chi connectivity index (χ3n) is 5.02. The fourth-order valence-corrected chi connectivity index (χ4v) is 4.67. The molecule has 6 nitrogen and oxygen atoms in total. The largest absolute Gasteiger partial charge is 0.508 e. The summed E-state index contributed by atoms with van der Waals surface area (Å²) in [6.07, 6.45) is 2.78. The Balaban J connectivity index is 1.62. The van der Waals surface area contributed by atoms with Gasteiger partial charge in [-0.15, -0.1) is 11.3 Å². The number of ketones is 1. The first kappa shape index (κ1) is 15.3. The first-order valence-electron chi connectivity index (χ1n) is 8.46. The summed E-state index contributed by atoms with van der Waals surface area (Å²) in [6.45, 7) is 0. The minimum absolute atomic E-state index is 0.136. The number of thiophene rings is 1. The second-order valence-electron chi connectivity index (χ2n) is 6.58. The molecule has 1 aliphatic heterocycles. The van der Waals surface area contributed by atoms with E-state index in [9.17, 15) is 9.90 Å². The van der Waals surface area contributed by atoms with Crippen LogP contribution in [-0.2, 0) is 4.79 Å². The molecular weight excluding hydrogens is 348 g/mol. The number of phenolic OH excluding ortho intramolecular Hbond substituents is 1. The molecule has 130 valence electrons. The van der Waals surface area contributed by atoms with Crippen molar-refractivity contribution in [1.82, 2.24) is 14.8 Å². The molecule has 0 radical (unpaired) electrons. The Morgan fingerprint density at radius 1 is 1.19 bits per heavy atom. The van der Waals surface area contributed by atoms with Crippen molar-refractivity contribution in [1.29, 1.82) is 0 Å². The number of rotatable bonds is 2. The van der Waals surface area contributed by atoms with Gasteiger partial charge in [0.1, 0.15) is 18.1 Å². The molecule has 0 saturated heterocycles. The highest BCUT2D eigenvalue weighted by Gasteiger charge is 2.39. The summed E-state index contributed by atoms with van der Waals surface area (Å²) in [6, 6.07) is 10.7. The third-order valence-corrected chi connectivity index (χ3v) is 6.05. The van der Waals surface area contributed by atoms with Crippen molar-refractivity contribution in [2.75, 3.05) is 5.32 Å². The average molecular weight is 364 g/mol. The van der Waals surface area contributed by atoms with E-state index in [0.29, 0.717) is 12.4 Å². The van der Waals surface area contributed by atoms with Crippen LogP contribution in [0.2, 0.25) is 0 Å². The number of nitrogens with one attached hydrogen (secondary N) is 1. The van der Waals surface area contributed by atoms with Gasteiger partial charge in [-0.1, -0.05) is 18.2 Å². The highest BCUT2D eigenvalue weighted by molar-refractivity contribution is 7.10. The molecule has 5 rings (SSSR count). The number of nitrogens with zero attached hydrogens (tertiary/aromatic N) is 3. The second kappa shape index (κ2) is 5.81. The number of allylic oxidation sites excluding steroid dienone is 2. The summed E-state index contributed by atoms with van der Waals surface area (Å²) in [5.74, 6) is 1.17. The molecule has 2 atom stereocenters. The van der Waals surface area contributed by atoms with E-state index >= 15 is 0 Å². The second-order valence-corrected chi connectivity index (χ2v) is 7.56. The van der Waals surface area contributed by atoms with Crippen LogP contribution in [0, 0.1) is 0 Å². The summed E-state index contributed by atoms with van der Waals surface area (Å²) in [5, 5.41) is 19.3. The van der Waals surface area contributed by atoms with Crippen molar-refractivity contribution in [2.45, 2.75) is 24.8 Å². The van der Waals surface area contributed by atoms with E-state index in [2.05, 4.69) is 21.5 Å². The summed E-state index contributed by atoms with van der Waals surface area (Å²) in [5.41, 5.74) is 2.59. The van der Waals surface area contributed by atoms with Crippen LogP contribution in [0.25, 0.3) is 0 Å². The highest BCUT2D eigenvalue weighted by Crippen LogP contribution is 2.44. The molecule has 1 aromatic carbocycles. The lowest BCUT2D eigenvalue weighted by Crippen LogP contribution is -2.33. The number of aromatic hydroxyl groups is 1. The van der Waals surface area contributed by atoms with Crippen LogP contribution in [0.4, 0.5) is 5.95 Å². The number of benzene rings is 1. The number of hydrogen-bond donors (Lipinski definition) is 2. The first-order chi connectivity index (χ1) is 12.7. The molecule has 2 aliphatic rings. The third kappa shape index (κ3) is 2.35. The van der Waals surface area contributed by atoms with Gasteiger partial charge in [0.15, 0.2) is 5.78 Å². The van der Waals surface area contributed by atoms with Crippen molar-refractivity contribution >= 4 is 23.1 Å². The summed E-state index contributed by atoms with van der Waals surface area (Å²) in [7, 11) is 0. The van der Waals surface area contributed by atoms with Crippen LogP contribution < -0.4 is 5.32 Å². The number of hydrogen-bond acceptors (Lipinski definition) is 6. The number of phenols is 1. The molecule has 2 N–H and O–H groups in total. The topological polar surface area (TPSA) is 80.0 Å². The molecule has 0 amide bonds. The van der Waals surface area contributed by atoms with Crippen LogP contribution in [0.5, 0.6) is 5.75 Å². The number of Topliss-reactive ketones (excluding diaryl/α,β-unsaturated/α-hetero) is 1. The molecule has 0 unspecified atom stereocenters. The SMILES string of the molecule is O=C1C[C@@H](c2cccs2)CC2=C1[C@H](c1ccc(O)cc1)n1ncnc1N2. The molecule has 2 aromatic heterocycles. The normalized spacial score (nSPS) is 21.9. The van der Waals surface area contributed by atoms with Crippen LogP contribution >= 0.6 is 11.3 Å². The molecule has 0 spiro atoms. The van der Waals surface area contributed by atoms with Crippen molar-refractivity contribution in [3.05, 3.63) is 69.8 Å². The Labute approximate surface area is 153 Å². The van der Waals surface area contributed by atoms with Crippen molar-refractivity contribution in [3.63, 3.8) is 0 Å². The monoisotopic (exact) mass is 364 g/mol. The van der Waals surface area contributed by atoms with Crippen molar-refractivity contribution in [2.24, 2.45) is 0 Å². The summed E-state index contributed by atoms with van der Waals surface area (Å²) < 4.78 is 1.74. The lowest BCUT2D eigenvalue weighted by molar-refractivity contribution is -0.116. The van der Waals surface area contributed by atoms with Gasteiger partial charge in [0.2, 0.25) is 5.95 Å². The zero-order chi connectivity index (χ0) is 17.7. The molecule has 0 fully saturated rings. The molecule has 7 heteroatoms. The maximum atomic E-state index is 13.1. The van der Waals surface area contributed by atoms with Crippen LogP contribution in [0.1, 0.15) is 35.2 Å². The van der Waals surface area contributed by atoms with Crippen LogP contribution in [0.3, 0.4) is 0 Å². The summed E-state index contributed by atoms with van der Waals surface area (Å²) >= 11 is 1.69. The molecule has 3 aromatic rings. The maximum Gasteiger partial charge on any atom is 0.226 e. The molecule has 0 saturated carbocycles. The van der Waals surface area contributed by atoms with E-state index in [1.165, 1.54) is 11.2 Å². The highest BCUT2D eigenvalue weighted by atomic mass is 32.1. The van der Waals surface area contributed by atoms with E-state index in [0.717, 1.165) is 23.3 Å². The summed E-state index contributed by atoms with van der Waals surface area (Å²) in [4.78, 5) is 18.7. The van der Waals surface area contributed by atoms with Gasteiger partial charge >= 0.3 is 0 Å². The maximum absolute atomic E-state index is 13.1. The Morgan fingerprint density at radius 2 is 2.04 bits per heavy atom. The fraction of sp³-hybridized carbons (Fsp3) is 0.211. The van der Waals surface area contributed by atoms with E-state index in [1.54, 1.807) is 28.2 Å². The Hall–Kier alpha value is -2.93. The quantitative estimate of drug-likeness (QED) is 0.728. The number of fused-ring (bicyclic) bond motifs is 1. The van der Waals surface area contributed by atoms with E-state index in [4.69, 9.17) is 0 Å². The van der Waals surface area contributed by atoms with Gasteiger partial charge in [0, 0.05) is 28.5 Å². The van der Waals surface area contributed by atoms with Crippen LogP contribution in [-0.4, -0.2) is 25.7 Å². The lowest BCUT2D eigenvalue weighted by Gasteiger charge is -2.34. The van der Waals surface area contributed by atoms with E-state index < -0.39 is 0 Å². The fourth-order valence-electron chi connectivity index (χ4n) is 3.84. The molecule has 3 heterocycles. The molecule has 0 bridgehead atoms. The van der Waals surface area contributed by atoms with Gasteiger partial charge in [0.05, 0.1) is 0 Å². The van der Waals surface area contributed by atoms with Crippen LogP contribution in [0.15, 0.2) is 59.4 Å². The van der Waals surface area contributed by atoms with Gasteiger partial charge in [-0.2, -0.15) is 10.1 Å². The lowest BCUT2D eigenvalue weighted by atomic mass is 9.80. The standard InChI is InChI=1S/C19H16N4O2S/c24-13-5-3-11(4-6-13)18-17-14(22-19-20-10-21-23(18)19)8-12(9-15(17)25)16-2-1-7-26-16/h1-7,10,12,18,24H,8-9H2,(H,20,21,22)/t12-,18-/m0/s1. The average Bonchev–Trinajstić information content (AvgIpc) is 3.32. The van der Waals surface area contributed by atoms with Gasteiger partial charge in [-0.3, -0.25) is 4.79 Å². The predicted octanol–water partition coefficient (Wildman–Crippen LogP) is 3.46. The molecular formula is C19H16N4O2S. The first-order valence-corrected chi connectivity index (χ1v) is 9.34.